The minimum absolute atomic E-state index is 0. The van der Waals surface area contributed by atoms with Gasteiger partial charge in [-0.1, -0.05) is 13.8 Å². The van der Waals surface area contributed by atoms with Crippen LogP contribution in [-0.2, 0) is 4.74 Å². The second kappa shape index (κ2) is 13.9. The van der Waals surface area contributed by atoms with Crippen LogP contribution in [0.5, 0.6) is 0 Å². The van der Waals surface area contributed by atoms with Gasteiger partial charge >= 0.3 is 0 Å². The Morgan fingerprint density at radius 2 is 1.80 bits per heavy atom. The van der Waals surface area contributed by atoms with Crippen LogP contribution in [0.2, 0.25) is 0 Å². The highest BCUT2D eigenvalue weighted by Crippen LogP contribution is 1.98. The van der Waals surface area contributed by atoms with Crippen molar-refractivity contribution in [2.45, 2.75) is 46.7 Å². The number of hydrogen-bond donors (Lipinski definition) is 2. The van der Waals surface area contributed by atoms with Gasteiger partial charge in [-0.2, -0.15) is 0 Å². The number of likely N-dealkylation sites (N-methyl/N-ethyl adjacent to an activating group) is 1. The zero-order valence-electron chi connectivity index (χ0n) is 13.9. The molecule has 0 aromatic carbocycles. The van der Waals surface area contributed by atoms with Crippen LogP contribution in [0.3, 0.4) is 0 Å². The molecular formula is C14H33IN4O. The van der Waals surface area contributed by atoms with Crippen LogP contribution in [0.15, 0.2) is 4.99 Å². The Hall–Kier alpha value is -0.0800. The summed E-state index contributed by atoms with van der Waals surface area (Å²) in [6.45, 7) is 15.2. The van der Waals surface area contributed by atoms with Crippen molar-refractivity contribution in [1.82, 2.24) is 15.5 Å². The number of nitrogens with one attached hydrogen (secondary N) is 2. The Morgan fingerprint density at radius 3 is 2.25 bits per heavy atom. The molecule has 0 fully saturated rings. The van der Waals surface area contributed by atoms with Crippen molar-refractivity contribution in [2.75, 3.05) is 39.9 Å². The third-order valence-corrected chi connectivity index (χ3v) is 3.09. The number of halogens is 1. The van der Waals surface area contributed by atoms with Gasteiger partial charge in [0.05, 0.1) is 13.2 Å². The molecule has 0 saturated heterocycles. The molecule has 0 radical (unpaired) electrons. The van der Waals surface area contributed by atoms with Crippen LogP contribution in [0.25, 0.3) is 0 Å². The molecule has 0 bridgehead atoms. The van der Waals surface area contributed by atoms with E-state index >= 15 is 0 Å². The van der Waals surface area contributed by atoms with Crippen molar-refractivity contribution >= 4 is 29.9 Å². The predicted molar refractivity (Wildman–Crippen MR) is 98.3 cm³/mol. The molecule has 0 rings (SSSR count). The smallest absolute Gasteiger partial charge is 0.191 e. The number of methoxy groups -OCH3 is 1. The minimum Gasteiger partial charge on any atom is -0.383 e. The summed E-state index contributed by atoms with van der Waals surface area (Å²) in [5.74, 6) is 0.867. The predicted octanol–water partition coefficient (Wildman–Crippen LogP) is 1.92. The number of hydrogen-bond acceptors (Lipinski definition) is 3. The van der Waals surface area contributed by atoms with E-state index in [1.165, 1.54) is 0 Å². The molecule has 122 valence electrons. The lowest BCUT2D eigenvalue weighted by atomic mass is 10.3. The van der Waals surface area contributed by atoms with Gasteiger partial charge in [-0.3, -0.25) is 9.89 Å². The molecule has 0 aliphatic heterocycles. The Morgan fingerprint density at radius 1 is 1.20 bits per heavy atom. The second-order valence-electron chi connectivity index (χ2n) is 4.79. The fourth-order valence-corrected chi connectivity index (χ4v) is 2.03. The highest BCUT2D eigenvalue weighted by Gasteiger charge is 2.10. The molecule has 0 aromatic rings. The molecule has 0 heterocycles. The van der Waals surface area contributed by atoms with Gasteiger partial charge in [0.15, 0.2) is 5.96 Å². The molecule has 2 atom stereocenters. The first-order valence-electron chi connectivity index (χ1n) is 7.36. The third-order valence-electron chi connectivity index (χ3n) is 3.09. The quantitative estimate of drug-likeness (QED) is 0.353. The normalized spacial score (nSPS) is 14.7. The van der Waals surface area contributed by atoms with E-state index in [1.54, 1.807) is 7.11 Å². The van der Waals surface area contributed by atoms with Crippen LogP contribution in [-0.4, -0.2) is 62.8 Å². The molecule has 20 heavy (non-hydrogen) atoms. The van der Waals surface area contributed by atoms with Gasteiger partial charge in [-0.25, -0.2) is 0 Å². The SMILES string of the molecule is CCNC(=NCC(C)N(CC)CC)NC(C)COC.I. The fourth-order valence-electron chi connectivity index (χ4n) is 2.03. The molecule has 6 heteroatoms. The van der Waals surface area contributed by atoms with Crippen molar-refractivity contribution in [2.24, 2.45) is 4.99 Å². The molecule has 0 spiro atoms. The zero-order chi connectivity index (χ0) is 14.7. The maximum Gasteiger partial charge on any atom is 0.191 e. The first kappa shape index (κ1) is 22.2. The van der Waals surface area contributed by atoms with Gasteiger partial charge in [0.1, 0.15) is 0 Å². The minimum atomic E-state index is 0. The average molecular weight is 400 g/mol. The molecule has 2 unspecified atom stereocenters. The van der Waals surface area contributed by atoms with E-state index in [0.29, 0.717) is 12.6 Å². The summed E-state index contributed by atoms with van der Waals surface area (Å²) < 4.78 is 5.13. The number of guanidine groups is 1. The standard InChI is InChI=1S/C14H32N4O.HI/c1-7-15-14(17-12(4)11-19-6)16-10-13(5)18(8-2)9-3;/h12-13H,7-11H2,1-6H3,(H2,15,16,17);1H. The molecule has 0 saturated carbocycles. The monoisotopic (exact) mass is 400 g/mol. The number of rotatable bonds is 9. The van der Waals surface area contributed by atoms with E-state index in [4.69, 9.17) is 4.74 Å². The van der Waals surface area contributed by atoms with Gasteiger partial charge < -0.3 is 15.4 Å². The zero-order valence-corrected chi connectivity index (χ0v) is 16.2. The van der Waals surface area contributed by atoms with Crippen molar-refractivity contribution in [3.8, 4) is 0 Å². The molecular weight excluding hydrogens is 367 g/mol. The summed E-state index contributed by atoms with van der Waals surface area (Å²) in [4.78, 5) is 7.06. The van der Waals surface area contributed by atoms with Gasteiger partial charge in [-0.15, -0.1) is 24.0 Å². The van der Waals surface area contributed by atoms with Crippen molar-refractivity contribution < 1.29 is 4.74 Å². The molecule has 2 N–H and O–H groups in total. The van der Waals surface area contributed by atoms with Crippen molar-refractivity contribution in [3.63, 3.8) is 0 Å². The third kappa shape index (κ3) is 9.77. The van der Waals surface area contributed by atoms with E-state index < -0.39 is 0 Å². The highest BCUT2D eigenvalue weighted by atomic mass is 127. The lowest BCUT2D eigenvalue weighted by molar-refractivity contribution is 0.179. The van der Waals surface area contributed by atoms with E-state index in [0.717, 1.165) is 32.1 Å². The van der Waals surface area contributed by atoms with E-state index in [9.17, 15) is 0 Å². The molecule has 0 aromatic heterocycles. The number of nitrogens with zero attached hydrogens (tertiary/aromatic N) is 2. The molecule has 0 amide bonds. The average Bonchev–Trinajstić information content (AvgIpc) is 2.38. The number of aliphatic imine (C=N–C) groups is 1. The van der Waals surface area contributed by atoms with E-state index in [2.05, 4.69) is 55.1 Å². The summed E-state index contributed by atoms with van der Waals surface area (Å²) in [6.07, 6.45) is 0. The Labute approximate surface area is 141 Å². The Balaban J connectivity index is 0. The van der Waals surface area contributed by atoms with Gasteiger partial charge in [0.2, 0.25) is 0 Å². The number of ether oxygens (including phenoxy) is 1. The molecule has 5 nitrogen and oxygen atoms in total. The summed E-state index contributed by atoms with van der Waals surface area (Å²) >= 11 is 0. The molecule has 0 aliphatic carbocycles. The van der Waals surface area contributed by atoms with E-state index in [-0.39, 0.29) is 30.0 Å². The molecule has 0 aliphatic rings. The largest absolute Gasteiger partial charge is 0.383 e. The maximum absolute atomic E-state index is 5.13. The lowest BCUT2D eigenvalue weighted by Gasteiger charge is -2.25. The van der Waals surface area contributed by atoms with Crippen LogP contribution in [0.4, 0.5) is 0 Å². The first-order valence-corrected chi connectivity index (χ1v) is 7.36. The Bertz CT molecular complexity index is 247. The van der Waals surface area contributed by atoms with Gasteiger partial charge in [0, 0.05) is 25.7 Å². The van der Waals surface area contributed by atoms with Crippen LogP contribution in [0, 0.1) is 0 Å². The lowest BCUT2D eigenvalue weighted by Crippen LogP contribution is -2.45. The Kier molecular flexibility index (Phi) is 15.4. The summed E-state index contributed by atoms with van der Waals surface area (Å²) in [5, 5.41) is 6.61. The van der Waals surface area contributed by atoms with Crippen LogP contribution < -0.4 is 10.6 Å². The maximum atomic E-state index is 5.13. The fraction of sp³-hybridized carbons (Fsp3) is 0.929. The van der Waals surface area contributed by atoms with Crippen molar-refractivity contribution in [1.29, 1.82) is 0 Å². The summed E-state index contributed by atoms with van der Waals surface area (Å²) in [7, 11) is 1.71. The van der Waals surface area contributed by atoms with Gasteiger partial charge in [-0.05, 0) is 33.9 Å². The van der Waals surface area contributed by atoms with Crippen molar-refractivity contribution in [3.05, 3.63) is 0 Å². The van der Waals surface area contributed by atoms with Crippen LogP contribution >= 0.6 is 24.0 Å². The summed E-state index contributed by atoms with van der Waals surface area (Å²) in [6, 6.07) is 0.717. The second-order valence-corrected chi connectivity index (χ2v) is 4.79. The highest BCUT2D eigenvalue weighted by molar-refractivity contribution is 14.0. The van der Waals surface area contributed by atoms with Gasteiger partial charge in [0.25, 0.3) is 0 Å². The first-order chi connectivity index (χ1) is 9.08. The van der Waals surface area contributed by atoms with Crippen LogP contribution in [0.1, 0.15) is 34.6 Å². The topological polar surface area (TPSA) is 48.9 Å². The van der Waals surface area contributed by atoms with E-state index in [1.807, 2.05) is 0 Å². The summed E-state index contributed by atoms with van der Waals surface area (Å²) in [5.41, 5.74) is 0.